The third kappa shape index (κ3) is 5.40. The number of likely N-dealkylation sites (tertiary alicyclic amines) is 1. The molecule has 1 amide bonds. The Balaban J connectivity index is 1.26. The summed E-state index contributed by atoms with van der Waals surface area (Å²) in [5.74, 6) is 2.00. The summed E-state index contributed by atoms with van der Waals surface area (Å²) in [6.45, 7) is 7.58. The lowest BCUT2D eigenvalue weighted by atomic mass is 9.56. The van der Waals surface area contributed by atoms with E-state index in [4.69, 9.17) is 9.47 Å². The van der Waals surface area contributed by atoms with Crippen molar-refractivity contribution in [2.75, 3.05) is 33.4 Å². The van der Waals surface area contributed by atoms with Crippen LogP contribution in [-0.2, 0) is 27.8 Å². The number of carbonyl (C=O) groups excluding carboxylic acids is 2. The van der Waals surface area contributed by atoms with Gasteiger partial charge in [-0.3, -0.25) is 9.69 Å². The van der Waals surface area contributed by atoms with Gasteiger partial charge in [-0.25, -0.2) is 4.79 Å². The zero-order valence-electron chi connectivity index (χ0n) is 22.4. The van der Waals surface area contributed by atoms with Crippen LogP contribution in [0.5, 0.6) is 5.75 Å². The maximum absolute atomic E-state index is 12.8. The van der Waals surface area contributed by atoms with Gasteiger partial charge in [0.05, 0.1) is 25.7 Å². The van der Waals surface area contributed by atoms with Crippen molar-refractivity contribution in [2.24, 2.45) is 11.8 Å². The van der Waals surface area contributed by atoms with Gasteiger partial charge in [0.15, 0.2) is 0 Å². The predicted molar refractivity (Wildman–Crippen MR) is 144 cm³/mol. The highest BCUT2D eigenvalue weighted by Crippen LogP contribution is 2.52. The van der Waals surface area contributed by atoms with Crippen LogP contribution in [0.25, 0.3) is 0 Å². The van der Waals surface area contributed by atoms with Crippen molar-refractivity contribution in [3.05, 3.63) is 64.7 Å². The van der Waals surface area contributed by atoms with Gasteiger partial charge in [-0.15, -0.1) is 0 Å². The first-order valence-corrected chi connectivity index (χ1v) is 13.9. The van der Waals surface area contributed by atoms with Crippen LogP contribution in [0.3, 0.4) is 0 Å². The van der Waals surface area contributed by atoms with Gasteiger partial charge in [-0.05, 0) is 98.4 Å². The fourth-order valence-electron chi connectivity index (χ4n) is 6.65. The van der Waals surface area contributed by atoms with Gasteiger partial charge in [-0.1, -0.05) is 25.1 Å². The molecule has 3 atom stereocenters. The predicted octanol–water partition coefficient (Wildman–Crippen LogP) is 4.54. The molecule has 6 nitrogen and oxygen atoms in total. The molecule has 2 aromatic rings. The molecule has 0 spiro atoms. The quantitative estimate of drug-likeness (QED) is 0.482. The van der Waals surface area contributed by atoms with Gasteiger partial charge < -0.3 is 14.8 Å². The number of piperidine rings is 1. The molecule has 2 bridgehead atoms. The number of nitrogens with zero attached hydrogens (tertiary/aromatic N) is 1. The second-order valence-corrected chi connectivity index (χ2v) is 11.1. The average Bonchev–Trinajstić information content (AvgIpc) is 3.72. The van der Waals surface area contributed by atoms with Gasteiger partial charge in [0.25, 0.3) is 0 Å². The summed E-state index contributed by atoms with van der Waals surface area (Å²) < 4.78 is 10.7. The number of ether oxygens (including phenoxy) is 2. The number of esters is 1. The van der Waals surface area contributed by atoms with Crippen LogP contribution < -0.4 is 10.1 Å². The minimum Gasteiger partial charge on any atom is -0.497 e. The molecule has 0 radical (unpaired) electrons. The standard InChI is InChI=1S/C31H40N2O4/c1-4-37-30(35)24-9-7-22(8-10-24)17-29(34)32-15-13-31-14-16-33(20-23-5-6-23)28(21(31)2)18-25-11-12-26(36-3)19-27(25)31/h7-12,19,21,23,28H,4-6,13-18,20H2,1-3H3,(H,32,34)/t21-,28+,31+/m0/s1. The Hall–Kier alpha value is -2.86. The molecule has 6 heteroatoms. The Morgan fingerprint density at radius 3 is 2.62 bits per heavy atom. The maximum Gasteiger partial charge on any atom is 0.338 e. The van der Waals surface area contributed by atoms with Crippen molar-refractivity contribution in [3.63, 3.8) is 0 Å². The highest BCUT2D eigenvalue weighted by atomic mass is 16.5. The van der Waals surface area contributed by atoms with Crippen LogP contribution in [-0.4, -0.2) is 56.2 Å². The number of methoxy groups -OCH3 is 1. The van der Waals surface area contributed by atoms with E-state index in [9.17, 15) is 9.59 Å². The second kappa shape index (κ2) is 10.9. The van der Waals surface area contributed by atoms with Crippen molar-refractivity contribution >= 4 is 11.9 Å². The Morgan fingerprint density at radius 1 is 1.14 bits per heavy atom. The zero-order chi connectivity index (χ0) is 26.0. The van der Waals surface area contributed by atoms with Crippen molar-refractivity contribution in [1.29, 1.82) is 0 Å². The van der Waals surface area contributed by atoms with Gasteiger partial charge in [0.1, 0.15) is 5.75 Å². The molecular formula is C31H40N2O4. The van der Waals surface area contributed by atoms with Gasteiger partial charge >= 0.3 is 5.97 Å². The largest absolute Gasteiger partial charge is 0.497 e. The van der Waals surface area contributed by atoms with Crippen molar-refractivity contribution in [3.8, 4) is 5.75 Å². The summed E-state index contributed by atoms with van der Waals surface area (Å²) in [5.41, 5.74) is 4.30. The van der Waals surface area contributed by atoms with Gasteiger partial charge in [0.2, 0.25) is 5.91 Å². The molecule has 0 aromatic heterocycles. The lowest BCUT2D eigenvalue weighted by Crippen LogP contribution is -2.60. The highest BCUT2D eigenvalue weighted by molar-refractivity contribution is 5.89. The number of nitrogens with one attached hydrogen (secondary N) is 1. The van der Waals surface area contributed by atoms with Gasteiger partial charge in [-0.2, -0.15) is 0 Å². The third-order valence-corrected chi connectivity index (χ3v) is 8.96. The first-order valence-electron chi connectivity index (χ1n) is 13.9. The lowest BCUT2D eigenvalue weighted by Gasteiger charge is -2.56. The molecule has 2 aromatic carbocycles. The average molecular weight is 505 g/mol. The summed E-state index contributed by atoms with van der Waals surface area (Å²) in [6, 6.07) is 14.3. The molecule has 1 N–H and O–H groups in total. The van der Waals surface area contributed by atoms with Crippen molar-refractivity contribution < 1.29 is 19.1 Å². The molecule has 1 heterocycles. The normalized spacial score (nSPS) is 24.7. The molecule has 3 aliphatic rings. The smallest absolute Gasteiger partial charge is 0.338 e. The first kappa shape index (κ1) is 25.8. The van der Waals surface area contributed by atoms with Gasteiger partial charge in [0, 0.05) is 24.5 Å². The lowest BCUT2D eigenvalue weighted by molar-refractivity contribution is -0.120. The molecule has 2 aliphatic carbocycles. The molecule has 2 fully saturated rings. The van der Waals surface area contributed by atoms with Crippen LogP contribution in [0, 0.1) is 11.8 Å². The number of hydrogen-bond donors (Lipinski definition) is 1. The molecule has 1 saturated carbocycles. The third-order valence-electron chi connectivity index (χ3n) is 8.96. The zero-order valence-corrected chi connectivity index (χ0v) is 22.4. The fraction of sp³-hybridized carbons (Fsp3) is 0.548. The van der Waals surface area contributed by atoms with Crippen LogP contribution in [0.2, 0.25) is 0 Å². The monoisotopic (exact) mass is 504 g/mol. The second-order valence-electron chi connectivity index (χ2n) is 11.1. The molecule has 198 valence electrons. The summed E-state index contributed by atoms with van der Waals surface area (Å²) >= 11 is 0. The van der Waals surface area contributed by atoms with E-state index in [1.165, 1.54) is 30.5 Å². The van der Waals surface area contributed by atoms with Crippen molar-refractivity contribution in [1.82, 2.24) is 10.2 Å². The first-order chi connectivity index (χ1) is 17.9. The summed E-state index contributed by atoms with van der Waals surface area (Å²) in [4.78, 5) is 27.5. The van der Waals surface area contributed by atoms with E-state index in [2.05, 4.69) is 35.3 Å². The number of amides is 1. The fourth-order valence-corrected chi connectivity index (χ4v) is 6.65. The van der Waals surface area contributed by atoms with Crippen LogP contribution in [0.15, 0.2) is 42.5 Å². The van der Waals surface area contributed by atoms with E-state index >= 15 is 0 Å². The van der Waals surface area contributed by atoms with E-state index in [-0.39, 0.29) is 17.3 Å². The van der Waals surface area contributed by atoms with Crippen LogP contribution >= 0.6 is 0 Å². The van der Waals surface area contributed by atoms with E-state index in [1.54, 1.807) is 26.2 Å². The Labute approximate surface area is 220 Å². The molecular weight excluding hydrogens is 464 g/mol. The Bertz CT molecular complexity index is 1130. The summed E-state index contributed by atoms with van der Waals surface area (Å²) in [5, 5.41) is 3.19. The number of fused-ring (bicyclic) bond motifs is 4. The summed E-state index contributed by atoms with van der Waals surface area (Å²) in [6.07, 6.45) is 6.21. The maximum atomic E-state index is 12.8. The minimum absolute atomic E-state index is 0.0114. The van der Waals surface area contributed by atoms with E-state index in [0.717, 1.165) is 43.0 Å². The summed E-state index contributed by atoms with van der Waals surface area (Å²) in [7, 11) is 1.74. The molecule has 0 unspecified atom stereocenters. The van der Waals surface area contributed by atoms with E-state index < -0.39 is 0 Å². The topological polar surface area (TPSA) is 67.9 Å². The van der Waals surface area contributed by atoms with Crippen molar-refractivity contribution in [2.45, 2.75) is 63.8 Å². The molecule has 1 saturated heterocycles. The number of rotatable bonds is 10. The van der Waals surface area contributed by atoms with Crippen LogP contribution in [0.4, 0.5) is 0 Å². The molecule has 1 aliphatic heterocycles. The number of hydrogen-bond acceptors (Lipinski definition) is 5. The number of benzene rings is 2. The molecule has 5 rings (SSSR count). The SMILES string of the molecule is CCOC(=O)c1ccc(CC(=O)NCC[C@]23CCN(CC4CC4)[C@H](Cc4ccc(OC)cc42)[C@@H]3C)cc1. The Morgan fingerprint density at radius 2 is 1.92 bits per heavy atom. The van der Waals surface area contributed by atoms with E-state index in [1.807, 2.05) is 12.1 Å². The van der Waals surface area contributed by atoms with Crippen LogP contribution in [0.1, 0.15) is 66.6 Å². The van der Waals surface area contributed by atoms with E-state index in [0.29, 0.717) is 37.1 Å². The molecule has 37 heavy (non-hydrogen) atoms. The Kier molecular flexibility index (Phi) is 7.57. The number of carbonyl (C=O) groups is 2. The highest BCUT2D eigenvalue weighted by Gasteiger charge is 2.51. The minimum atomic E-state index is -0.335.